The van der Waals surface area contributed by atoms with Crippen molar-refractivity contribution in [2.24, 2.45) is 0 Å². The van der Waals surface area contributed by atoms with Crippen molar-refractivity contribution in [3.8, 4) is 0 Å². The molecule has 0 saturated carbocycles. The van der Waals surface area contributed by atoms with Crippen molar-refractivity contribution in [1.29, 1.82) is 0 Å². The molecule has 3 heteroatoms. The van der Waals surface area contributed by atoms with Crippen LogP contribution in [0.25, 0.3) is 0 Å². The van der Waals surface area contributed by atoms with Crippen LogP contribution in [0.15, 0.2) is 11.6 Å². The molecule has 0 aromatic rings. The molecule has 0 saturated heterocycles. The van der Waals surface area contributed by atoms with E-state index in [2.05, 4.69) is 0 Å². The maximum Gasteiger partial charge on any atom is 0.331 e. The van der Waals surface area contributed by atoms with Crippen LogP contribution in [0, 0.1) is 0 Å². The third kappa shape index (κ3) is 1.45. The second-order valence-electron chi connectivity index (χ2n) is 2.07. The highest BCUT2D eigenvalue weighted by molar-refractivity contribution is 6.21. The van der Waals surface area contributed by atoms with E-state index >= 15 is 0 Å². The first-order valence-corrected chi connectivity index (χ1v) is 3.20. The SMILES string of the molecule is O=C(O)C1=CCC(Cl)C1. The Morgan fingerprint density at radius 1 is 1.89 bits per heavy atom. The van der Waals surface area contributed by atoms with Gasteiger partial charge in [0.2, 0.25) is 0 Å². The summed E-state index contributed by atoms with van der Waals surface area (Å²) in [6.07, 6.45) is 2.89. The lowest BCUT2D eigenvalue weighted by atomic mass is 10.2. The first kappa shape index (κ1) is 6.62. The molecule has 0 heterocycles. The third-order valence-corrected chi connectivity index (χ3v) is 1.67. The average Bonchev–Trinajstić information content (AvgIpc) is 2.14. The molecule has 0 bridgehead atoms. The Balaban J connectivity index is 2.55. The van der Waals surface area contributed by atoms with Crippen molar-refractivity contribution < 1.29 is 9.90 Å². The van der Waals surface area contributed by atoms with Gasteiger partial charge in [-0.25, -0.2) is 4.79 Å². The molecule has 0 aliphatic heterocycles. The van der Waals surface area contributed by atoms with Gasteiger partial charge < -0.3 is 5.11 Å². The summed E-state index contributed by atoms with van der Waals surface area (Å²) in [4.78, 5) is 10.2. The molecule has 0 amide bonds. The highest BCUT2D eigenvalue weighted by Gasteiger charge is 2.18. The van der Waals surface area contributed by atoms with E-state index in [4.69, 9.17) is 16.7 Å². The van der Waals surface area contributed by atoms with E-state index in [-0.39, 0.29) is 5.38 Å². The van der Waals surface area contributed by atoms with Crippen LogP contribution in [0.4, 0.5) is 0 Å². The van der Waals surface area contributed by atoms with Gasteiger partial charge in [0.1, 0.15) is 0 Å². The quantitative estimate of drug-likeness (QED) is 0.568. The number of carboxylic acid groups (broad SMARTS) is 1. The number of allylic oxidation sites excluding steroid dienone is 1. The molecule has 0 aromatic heterocycles. The van der Waals surface area contributed by atoms with Crippen molar-refractivity contribution in [3.05, 3.63) is 11.6 Å². The molecule has 1 unspecified atom stereocenters. The molecule has 1 rings (SSSR count). The summed E-state index contributed by atoms with van der Waals surface area (Å²) >= 11 is 5.64. The number of carboxylic acids is 1. The van der Waals surface area contributed by atoms with E-state index in [0.29, 0.717) is 18.4 Å². The molecule has 0 fully saturated rings. The second kappa shape index (κ2) is 2.40. The van der Waals surface area contributed by atoms with Gasteiger partial charge in [0.05, 0.1) is 0 Å². The molecular weight excluding hydrogens is 140 g/mol. The number of carbonyl (C=O) groups is 1. The number of hydrogen-bond donors (Lipinski definition) is 1. The monoisotopic (exact) mass is 146 g/mol. The van der Waals surface area contributed by atoms with Gasteiger partial charge in [0.15, 0.2) is 0 Å². The fraction of sp³-hybridized carbons (Fsp3) is 0.500. The molecule has 9 heavy (non-hydrogen) atoms. The van der Waals surface area contributed by atoms with Crippen molar-refractivity contribution in [2.45, 2.75) is 18.2 Å². The Kier molecular flexibility index (Phi) is 1.76. The first-order chi connectivity index (χ1) is 4.20. The largest absolute Gasteiger partial charge is 0.478 e. The molecule has 1 aliphatic rings. The third-order valence-electron chi connectivity index (χ3n) is 1.34. The lowest BCUT2D eigenvalue weighted by Gasteiger charge is -1.94. The number of hydrogen-bond acceptors (Lipinski definition) is 1. The van der Waals surface area contributed by atoms with Gasteiger partial charge in [-0.3, -0.25) is 0 Å². The zero-order valence-corrected chi connectivity index (χ0v) is 5.56. The minimum Gasteiger partial charge on any atom is -0.478 e. The van der Waals surface area contributed by atoms with Crippen LogP contribution in [0.2, 0.25) is 0 Å². The lowest BCUT2D eigenvalue weighted by molar-refractivity contribution is -0.132. The van der Waals surface area contributed by atoms with Gasteiger partial charge in [0, 0.05) is 11.0 Å². The van der Waals surface area contributed by atoms with Crippen molar-refractivity contribution in [3.63, 3.8) is 0 Å². The van der Waals surface area contributed by atoms with E-state index in [0.717, 1.165) is 0 Å². The molecule has 0 aromatic carbocycles. The van der Waals surface area contributed by atoms with E-state index < -0.39 is 5.97 Å². The minimum absolute atomic E-state index is 0.0103. The summed E-state index contributed by atoms with van der Waals surface area (Å²) in [5, 5.41) is 8.41. The molecule has 2 nitrogen and oxygen atoms in total. The van der Waals surface area contributed by atoms with Crippen LogP contribution >= 0.6 is 11.6 Å². The zero-order valence-electron chi connectivity index (χ0n) is 4.80. The van der Waals surface area contributed by atoms with Gasteiger partial charge >= 0.3 is 5.97 Å². The number of halogens is 1. The Labute approximate surface area is 58.1 Å². The molecule has 1 N–H and O–H groups in total. The maximum atomic E-state index is 10.2. The normalized spacial score (nSPS) is 25.9. The van der Waals surface area contributed by atoms with E-state index in [1.165, 1.54) is 0 Å². The molecule has 50 valence electrons. The van der Waals surface area contributed by atoms with Gasteiger partial charge in [-0.2, -0.15) is 0 Å². The van der Waals surface area contributed by atoms with Crippen molar-refractivity contribution in [2.75, 3.05) is 0 Å². The fourth-order valence-corrected chi connectivity index (χ4v) is 1.11. The predicted octanol–water partition coefficient (Wildman–Crippen LogP) is 1.40. The highest BCUT2D eigenvalue weighted by atomic mass is 35.5. The van der Waals surface area contributed by atoms with E-state index in [9.17, 15) is 4.79 Å². The standard InChI is InChI=1S/C6H7ClO2/c7-5-2-1-4(3-5)6(8)9/h1,5H,2-3H2,(H,8,9). The first-order valence-electron chi connectivity index (χ1n) is 2.76. The summed E-state index contributed by atoms with van der Waals surface area (Å²) in [6.45, 7) is 0. The summed E-state index contributed by atoms with van der Waals surface area (Å²) in [7, 11) is 0. The number of aliphatic carboxylic acids is 1. The molecule has 0 radical (unpaired) electrons. The molecule has 0 spiro atoms. The van der Waals surface area contributed by atoms with Crippen LogP contribution in [0.5, 0.6) is 0 Å². The van der Waals surface area contributed by atoms with Gasteiger partial charge in [-0.05, 0) is 12.8 Å². The number of rotatable bonds is 1. The second-order valence-corrected chi connectivity index (χ2v) is 2.69. The van der Waals surface area contributed by atoms with E-state index in [1.807, 2.05) is 0 Å². The summed E-state index contributed by atoms with van der Waals surface area (Å²) in [6, 6.07) is 0. The Morgan fingerprint density at radius 3 is 2.78 bits per heavy atom. The summed E-state index contributed by atoms with van der Waals surface area (Å²) in [5.74, 6) is -0.835. The minimum atomic E-state index is -0.835. The Bertz CT molecular complexity index is 162. The van der Waals surface area contributed by atoms with Crippen molar-refractivity contribution >= 4 is 17.6 Å². The van der Waals surface area contributed by atoms with Crippen LogP contribution in [0.1, 0.15) is 12.8 Å². The van der Waals surface area contributed by atoms with Gasteiger partial charge in [-0.1, -0.05) is 6.08 Å². The molecule has 1 atom stereocenters. The van der Waals surface area contributed by atoms with E-state index in [1.54, 1.807) is 6.08 Å². The van der Waals surface area contributed by atoms with Gasteiger partial charge in [0.25, 0.3) is 0 Å². The Morgan fingerprint density at radius 2 is 2.56 bits per heavy atom. The topological polar surface area (TPSA) is 37.3 Å². The predicted molar refractivity (Wildman–Crippen MR) is 34.6 cm³/mol. The molecule has 1 aliphatic carbocycles. The zero-order chi connectivity index (χ0) is 6.85. The maximum absolute atomic E-state index is 10.2. The van der Waals surface area contributed by atoms with Crippen LogP contribution < -0.4 is 0 Å². The summed E-state index contributed by atoms with van der Waals surface area (Å²) < 4.78 is 0. The van der Waals surface area contributed by atoms with Crippen LogP contribution in [0.3, 0.4) is 0 Å². The Hall–Kier alpha value is -0.500. The molecular formula is C6H7ClO2. The summed E-state index contributed by atoms with van der Waals surface area (Å²) in [5.41, 5.74) is 0.454. The van der Waals surface area contributed by atoms with Crippen molar-refractivity contribution in [1.82, 2.24) is 0 Å². The fourth-order valence-electron chi connectivity index (χ4n) is 0.850. The van der Waals surface area contributed by atoms with Gasteiger partial charge in [-0.15, -0.1) is 11.6 Å². The highest BCUT2D eigenvalue weighted by Crippen LogP contribution is 2.22. The van der Waals surface area contributed by atoms with Crippen LogP contribution in [-0.4, -0.2) is 16.5 Å². The smallest absolute Gasteiger partial charge is 0.331 e. The number of alkyl halides is 1. The lowest BCUT2D eigenvalue weighted by Crippen LogP contribution is -1.99. The van der Waals surface area contributed by atoms with Crippen LogP contribution in [-0.2, 0) is 4.79 Å². The average molecular weight is 147 g/mol.